The van der Waals surface area contributed by atoms with E-state index in [4.69, 9.17) is 0 Å². The Morgan fingerprint density at radius 2 is 2.05 bits per heavy atom. The molecule has 2 N–H and O–H groups in total. The highest BCUT2D eigenvalue weighted by atomic mass is 16.3. The van der Waals surface area contributed by atoms with Crippen LogP contribution in [0.1, 0.15) is 36.0 Å². The molecular weight excluding hydrogens is 248 g/mol. The van der Waals surface area contributed by atoms with Crippen molar-refractivity contribution in [1.29, 1.82) is 0 Å². The highest BCUT2D eigenvalue weighted by Crippen LogP contribution is 2.37. The van der Waals surface area contributed by atoms with Gasteiger partial charge in [-0.25, -0.2) is 0 Å². The van der Waals surface area contributed by atoms with E-state index in [9.17, 15) is 5.11 Å². The summed E-state index contributed by atoms with van der Waals surface area (Å²) in [5.41, 5.74) is 3.43. The number of benzene rings is 1. The Hall–Kier alpha value is -0.900. The quantitative estimate of drug-likeness (QED) is 0.861. The van der Waals surface area contributed by atoms with Gasteiger partial charge in [-0.2, -0.15) is 0 Å². The number of fused-ring (bicyclic) bond motifs is 1. The molecule has 1 unspecified atom stereocenters. The SMILES string of the molecule is CNC1CCc2cccc(C3(O)CCN(C)CC3)c2C1. The molecule has 20 heavy (non-hydrogen) atoms. The fourth-order valence-corrected chi connectivity index (χ4v) is 3.73. The molecule has 0 spiro atoms. The van der Waals surface area contributed by atoms with Crippen LogP contribution >= 0.6 is 0 Å². The van der Waals surface area contributed by atoms with Gasteiger partial charge < -0.3 is 15.3 Å². The number of likely N-dealkylation sites (N-methyl/N-ethyl adjacent to an activating group) is 1. The zero-order valence-electron chi connectivity index (χ0n) is 12.7. The van der Waals surface area contributed by atoms with E-state index in [-0.39, 0.29) is 0 Å². The van der Waals surface area contributed by atoms with E-state index in [1.807, 2.05) is 7.05 Å². The minimum absolute atomic E-state index is 0.554. The van der Waals surface area contributed by atoms with Crippen LogP contribution in [0.2, 0.25) is 0 Å². The summed E-state index contributed by atoms with van der Waals surface area (Å²) in [6.07, 6.45) is 5.09. The molecule has 1 aromatic carbocycles. The minimum Gasteiger partial charge on any atom is -0.385 e. The lowest BCUT2D eigenvalue weighted by Crippen LogP contribution is -2.42. The average Bonchev–Trinajstić information content (AvgIpc) is 2.49. The van der Waals surface area contributed by atoms with Crippen molar-refractivity contribution >= 4 is 0 Å². The summed E-state index contributed by atoms with van der Waals surface area (Å²) in [7, 11) is 4.18. The molecule has 0 bridgehead atoms. The first-order chi connectivity index (χ1) is 9.62. The maximum Gasteiger partial charge on any atom is 0.0923 e. The number of aryl methyl sites for hydroxylation is 1. The Morgan fingerprint density at radius 1 is 1.30 bits per heavy atom. The lowest BCUT2D eigenvalue weighted by Gasteiger charge is -2.39. The summed E-state index contributed by atoms with van der Waals surface area (Å²) in [5, 5.41) is 14.5. The third-order valence-corrected chi connectivity index (χ3v) is 5.21. The van der Waals surface area contributed by atoms with Crippen LogP contribution in [0, 0.1) is 0 Å². The Balaban J connectivity index is 1.94. The standard InChI is InChI=1S/C17H26N2O/c1-18-14-7-6-13-4-3-5-16(15(13)12-14)17(20)8-10-19(2)11-9-17/h3-5,14,18,20H,6-12H2,1-2H3. The summed E-state index contributed by atoms with van der Waals surface area (Å²) in [6.45, 7) is 1.96. The molecule has 0 amide bonds. The maximum atomic E-state index is 11.1. The van der Waals surface area contributed by atoms with E-state index in [1.165, 1.54) is 23.1 Å². The van der Waals surface area contributed by atoms with Crippen molar-refractivity contribution in [3.05, 3.63) is 34.9 Å². The zero-order valence-corrected chi connectivity index (χ0v) is 12.7. The molecule has 1 atom stereocenters. The molecular formula is C17H26N2O. The summed E-state index contributed by atoms with van der Waals surface area (Å²) in [6, 6.07) is 7.08. The number of nitrogens with one attached hydrogen (secondary N) is 1. The minimum atomic E-state index is -0.618. The summed E-state index contributed by atoms with van der Waals surface area (Å²) in [5.74, 6) is 0. The van der Waals surface area contributed by atoms with Crippen LogP contribution < -0.4 is 5.32 Å². The van der Waals surface area contributed by atoms with Crippen LogP contribution in [0.3, 0.4) is 0 Å². The Kier molecular flexibility index (Phi) is 3.85. The Labute approximate surface area is 122 Å². The van der Waals surface area contributed by atoms with Crippen LogP contribution in [-0.2, 0) is 18.4 Å². The number of piperidine rings is 1. The van der Waals surface area contributed by atoms with Crippen LogP contribution in [0.5, 0.6) is 0 Å². The van der Waals surface area contributed by atoms with E-state index in [0.29, 0.717) is 6.04 Å². The highest BCUT2D eigenvalue weighted by Gasteiger charge is 2.36. The average molecular weight is 274 g/mol. The van der Waals surface area contributed by atoms with E-state index in [1.54, 1.807) is 0 Å². The van der Waals surface area contributed by atoms with Crippen molar-refractivity contribution in [2.75, 3.05) is 27.2 Å². The first-order valence-corrected chi connectivity index (χ1v) is 7.82. The molecule has 1 heterocycles. The largest absolute Gasteiger partial charge is 0.385 e. The molecule has 3 rings (SSSR count). The van der Waals surface area contributed by atoms with Crippen molar-refractivity contribution in [1.82, 2.24) is 10.2 Å². The first kappa shape index (κ1) is 14.1. The van der Waals surface area contributed by atoms with E-state index in [2.05, 4.69) is 35.5 Å². The molecule has 3 nitrogen and oxygen atoms in total. The molecule has 1 aromatic rings. The normalized spacial score (nSPS) is 26.2. The number of hydrogen-bond acceptors (Lipinski definition) is 3. The summed E-state index contributed by atoms with van der Waals surface area (Å²) < 4.78 is 0. The van der Waals surface area contributed by atoms with Gasteiger partial charge in [0.1, 0.15) is 0 Å². The molecule has 0 saturated carbocycles. The maximum absolute atomic E-state index is 11.1. The molecule has 3 heteroatoms. The van der Waals surface area contributed by atoms with Gasteiger partial charge in [0.15, 0.2) is 0 Å². The molecule has 1 saturated heterocycles. The van der Waals surface area contributed by atoms with Gasteiger partial charge in [0, 0.05) is 19.1 Å². The van der Waals surface area contributed by atoms with Gasteiger partial charge in [-0.3, -0.25) is 0 Å². The predicted octanol–water partition coefficient (Wildman–Crippen LogP) is 1.68. The number of rotatable bonds is 2. The lowest BCUT2D eigenvalue weighted by atomic mass is 9.76. The Bertz CT molecular complexity index is 478. The molecule has 1 aliphatic heterocycles. The molecule has 1 aliphatic carbocycles. The van der Waals surface area contributed by atoms with E-state index >= 15 is 0 Å². The van der Waals surface area contributed by atoms with Gasteiger partial charge in [0.05, 0.1) is 5.60 Å². The van der Waals surface area contributed by atoms with Crippen molar-refractivity contribution in [2.24, 2.45) is 0 Å². The molecule has 0 radical (unpaired) electrons. The van der Waals surface area contributed by atoms with Crippen LogP contribution in [0.25, 0.3) is 0 Å². The van der Waals surface area contributed by atoms with Crippen molar-refractivity contribution < 1.29 is 5.11 Å². The number of hydrogen-bond donors (Lipinski definition) is 2. The summed E-state index contributed by atoms with van der Waals surface area (Å²) >= 11 is 0. The molecule has 110 valence electrons. The third-order valence-electron chi connectivity index (χ3n) is 5.21. The fraction of sp³-hybridized carbons (Fsp3) is 0.647. The third kappa shape index (κ3) is 2.50. The van der Waals surface area contributed by atoms with Crippen molar-refractivity contribution in [3.8, 4) is 0 Å². The second-order valence-corrected chi connectivity index (χ2v) is 6.51. The fourth-order valence-electron chi connectivity index (χ4n) is 3.73. The van der Waals surface area contributed by atoms with Crippen LogP contribution in [0.4, 0.5) is 0 Å². The highest BCUT2D eigenvalue weighted by molar-refractivity contribution is 5.41. The second-order valence-electron chi connectivity index (χ2n) is 6.51. The smallest absolute Gasteiger partial charge is 0.0923 e. The lowest BCUT2D eigenvalue weighted by molar-refractivity contribution is -0.0212. The number of aliphatic hydroxyl groups is 1. The van der Waals surface area contributed by atoms with E-state index < -0.39 is 5.60 Å². The molecule has 0 aromatic heterocycles. The van der Waals surface area contributed by atoms with Gasteiger partial charge in [0.2, 0.25) is 0 Å². The van der Waals surface area contributed by atoms with Crippen molar-refractivity contribution in [3.63, 3.8) is 0 Å². The van der Waals surface area contributed by atoms with Gasteiger partial charge in [-0.15, -0.1) is 0 Å². The van der Waals surface area contributed by atoms with Crippen molar-refractivity contribution in [2.45, 2.75) is 43.7 Å². The van der Waals surface area contributed by atoms with Crippen LogP contribution in [-0.4, -0.2) is 43.2 Å². The number of likely N-dealkylation sites (tertiary alicyclic amines) is 1. The van der Waals surface area contributed by atoms with Gasteiger partial charge >= 0.3 is 0 Å². The van der Waals surface area contributed by atoms with Gasteiger partial charge in [0.25, 0.3) is 0 Å². The molecule has 2 aliphatic rings. The Morgan fingerprint density at radius 3 is 2.75 bits per heavy atom. The first-order valence-electron chi connectivity index (χ1n) is 7.82. The zero-order chi connectivity index (χ0) is 14.2. The monoisotopic (exact) mass is 274 g/mol. The van der Waals surface area contributed by atoms with Crippen LogP contribution in [0.15, 0.2) is 18.2 Å². The van der Waals surface area contributed by atoms with Gasteiger partial charge in [-0.05, 0) is 62.9 Å². The summed E-state index contributed by atoms with van der Waals surface area (Å²) in [4.78, 5) is 2.31. The second kappa shape index (κ2) is 5.47. The topological polar surface area (TPSA) is 35.5 Å². The van der Waals surface area contributed by atoms with E-state index in [0.717, 1.165) is 38.8 Å². The number of nitrogens with zero attached hydrogens (tertiary/aromatic N) is 1. The predicted molar refractivity (Wildman–Crippen MR) is 81.9 cm³/mol. The molecule has 1 fully saturated rings. The van der Waals surface area contributed by atoms with Gasteiger partial charge in [-0.1, -0.05) is 18.2 Å².